The van der Waals surface area contributed by atoms with Crippen LogP contribution in [0.1, 0.15) is 12.8 Å². The second kappa shape index (κ2) is 8.16. The number of para-hydroxylation sites is 2. The zero-order valence-electron chi connectivity index (χ0n) is 14.7. The molecule has 1 fully saturated rings. The van der Waals surface area contributed by atoms with Crippen LogP contribution < -0.4 is 9.64 Å². The molecular formula is C19H25N3O3. The number of methoxy groups -OCH3 is 1. The zero-order chi connectivity index (χ0) is 17.6. The summed E-state index contributed by atoms with van der Waals surface area (Å²) in [7, 11) is 1.71. The van der Waals surface area contributed by atoms with Crippen LogP contribution in [0.4, 0.5) is 5.69 Å². The van der Waals surface area contributed by atoms with Crippen molar-refractivity contribution in [1.82, 2.24) is 9.80 Å². The highest BCUT2D eigenvalue weighted by atomic mass is 16.5. The van der Waals surface area contributed by atoms with Gasteiger partial charge < -0.3 is 9.64 Å². The standard InChI is InChI=1S/C19H25N3O3/c1-25-17-7-3-2-6-16(17)21-14-12-20(13-15-21)10-4-5-11-22-18(23)8-9-19(22)24/h2-3,6-9H,4-5,10-15H2,1H3. The van der Waals surface area contributed by atoms with E-state index in [0.29, 0.717) is 6.54 Å². The van der Waals surface area contributed by atoms with Crippen LogP contribution in [0.3, 0.4) is 0 Å². The number of amides is 2. The van der Waals surface area contributed by atoms with Crippen LogP contribution in [0, 0.1) is 0 Å². The molecule has 6 heteroatoms. The first-order valence-corrected chi connectivity index (χ1v) is 8.83. The molecule has 2 heterocycles. The van der Waals surface area contributed by atoms with E-state index < -0.39 is 0 Å². The van der Waals surface area contributed by atoms with Crippen molar-refractivity contribution in [2.45, 2.75) is 12.8 Å². The van der Waals surface area contributed by atoms with Gasteiger partial charge in [-0.15, -0.1) is 0 Å². The molecule has 0 aliphatic carbocycles. The van der Waals surface area contributed by atoms with E-state index in [4.69, 9.17) is 4.74 Å². The summed E-state index contributed by atoms with van der Waals surface area (Å²) in [6.07, 6.45) is 4.54. The average Bonchev–Trinajstić information content (AvgIpc) is 2.97. The number of unbranched alkanes of at least 4 members (excludes halogenated alkanes) is 1. The fourth-order valence-corrected chi connectivity index (χ4v) is 3.36. The summed E-state index contributed by atoms with van der Waals surface area (Å²) in [6, 6.07) is 8.13. The van der Waals surface area contributed by atoms with Gasteiger partial charge in [-0.3, -0.25) is 19.4 Å². The number of rotatable bonds is 7. The quantitative estimate of drug-likeness (QED) is 0.555. The summed E-state index contributed by atoms with van der Waals surface area (Å²) in [5, 5.41) is 0. The van der Waals surface area contributed by atoms with Gasteiger partial charge in [-0.2, -0.15) is 0 Å². The number of carbonyl (C=O) groups is 2. The number of carbonyl (C=O) groups excluding carboxylic acids is 2. The van der Waals surface area contributed by atoms with Crippen molar-refractivity contribution >= 4 is 17.5 Å². The maximum atomic E-state index is 11.5. The van der Waals surface area contributed by atoms with E-state index in [9.17, 15) is 9.59 Å². The number of benzene rings is 1. The summed E-state index contributed by atoms with van der Waals surface area (Å²) in [5.74, 6) is 0.551. The third kappa shape index (κ3) is 4.20. The maximum Gasteiger partial charge on any atom is 0.253 e. The highest BCUT2D eigenvalue weighted by Gasteiger charge is 2.23. The Morgan fingerprint density at radius 2 is 1.56 bits per heavy atom. The third-order valence-corrected chi connectivity index (χ3v) is 4.80. The molecule has 134 valence electrons. The lowest BCUT2D eigenvalue weighted by Crippen LogP contribution is -2.46. The van der Waals surface area contributed by atoms with Gasteiger partial charge in [-0.25, -0.2) is 0 Å². The minimum absolute atomic E-state index is 0.185. The molecule has 3 rings (SSSR count). The molecule has 6 nitrogen and oxygen atoms in total. The first-order valence-electron chi connectivity index (χ1n) is 8.83. The van der Waals surface area contributed by atoms with Crippen LogP contribution in [0.15, 0.2) is 36.4 Å². The van der Waals surface area contributed by atoms with Gasteiger partial charge in [0.1, 0.15) is 5.75 Å². The zero-order valence-corrected chi connectivity index (χ0v) is 14.7. The Bertz CT molecular complexity index is 633. The molecule has 0 unspecified atom stereocenters. The fraction of sp³-hybridized carbons (Fsp3) is 0.474. The Kier molecular flexibility index (Phi) is 5.71. The number of ether oxygens (including phenoxy) is 1. The predicted octanol–water partition coefficient (Wildman–Crippen LogP) is 1.52. The summed E-state index contributed by atoms with van der Waals surface area (Å²) >= 11 is 0. The van der Waals surface area contributed by atoms with Gasteiger partial charge in [-0.1, -0.05) is 12.1 Å². The molecule has 0 spiro atoms. The predicted molar refractivity (Wildman–Crippen MR) is 96.7 cm³/mol. The maximum absolute atomic E-state index is 11.5. The minimum atomic E-state index is -0.185. The summed E-state index contributed by atoms with van der Waals surface area (Å²) in [4.78, 5) is 29.1. The highest BCUT2D eigenvalue weighted by molar-refractivity contribution is 6.12. The molecule has 0 aromatic heterocycles. The van der Waals surface area contributed by atoms with E-state index in [1.807, 2.05) is 18.2 Å². The van der Waals surface area contributed by atoms with Crippen molar-refractivity contribution in [2.75, 3.05) is 51.3 Å². The van der Waals surface area contributed by atoms with Crippen molar-refractivity contribution in [1.29, 1.82) is 0 Å². The van der Waals surface area contributed by atoms with Crippen LogP contribution >= 0.6 is 0 Å². The van der Waals surface area contributed by atoms with E-state index in [1.54, 1.807) is 7.11 Å². The van der Waals surface area contributed by atoms with E-state index in [2.05, 4.69) is 15.9 Å². The summed E-state index contributed by atoms with van der Waals surface area (Å²) in [5.41, 5.74) is 1.16. The Hall–Kier alpha value is -2.34. The molecule has 2 amide bonds. The molecule has 2 aliphatic rings. The van der Waals surface area contributed by atoms with Gasteiger partial charge >= 0.3 is 0 Å². The van der Waals surface area contributed by atoms with Gasteiger partial charge in [0.15, 0.2) is 0 Å². The number of hydrogen-bond donors (Lipinski definition) is 0. The number of hydrogen-bond acceptors (Lipinski definition) is 5. The highest BCUT2D eigenvalue weighted by Crippen LogP contribution is 2.28. The summed E-state index contributed by atoms with van der Waals surface area (Å²) in [6.45, 7) is 5.51. The van der Waals surface area contributed by atoms with Crippen molar-refractivity contribution < 1.29 is 14.3 Å². The molecule has 0 saturated carbocycles. The molecule has 1 saturated heterocycles. The van der Waals surface area contributed by atoms with Crippen LogP contribution in [-0.2, 0) is 9.59 Å². The SMILES string of the molecule is COc1ccccc1N1CCN(CCCCN2C(=O)C=CC2=O)CC1. The van der Waals surface area contributed by atoms with E-state index in [0.717, 1.165) is 57.0 Å². The first-order chi connectivity index (χ1) is 12.2. The number of piperazine rings is 1. The lowest BCUT2D eigenvalue weighted by molar-refractivity contribution is -0.136. The number of imide groups is 1. The molecular weight excluding hydrogens is 318 g/mol. The fourth-order valence-electron chi connectivity index (χ4n) is 3.36. The molecule has 0 atom stereocenters. The third-order valence-electron chi connectivity index (χ3n) is 4.80. The van der Waals surface area contributed by atoms with Crippen LogP contribution in [0.25, 0.3) is 0 Å². The van der Waals surface area contributed by atoms with Gasteiger partial charge in [0.25, 0.3) is 11.8 Å². The van der Waals surface area contributed by atoms with Crippen molar-refractivity contribution in [3.05, 3.63) is 36.4 Å². The normalized spacial score (nSPS) is 18.3. The van der Waals surface area contributed by atoms with Crippen LogP contribution in [-0.4, -0.2) is 68.0 Å². The molecule has 25 heavy (non-hydrogen) atoms. The van der Waals surface area contributed by atoms with Crippen molar-refractivity contribution in [3.8, 4) is 5.75 Å². The summed E-state index contributed by atoms with van der Waals surface area (Å²) < 4.78 is 5.45. The smallest absolute Gasteiger partial charge is 0.253 e. The Morgan fingerprint density at radius 3 is 2.24 bits per heavy atom. The van der Waals surface area contributed by atoms with Crippen molar-refractivity contribution in [3.63, 3.8) is 0 Å². The monoisotopic (exact) mass is 343 g/mol. The largest absolute Gasteiger partial charge is 0.495 e. The van der Waals surface area contributed by atoms with Gasteiger partial charge in [-0.05, 0) is 31.5 Å². The minimum Gasteiger partial charge on any atom is -0.495 e. The lowest BCUT2D eigenvalue weighted by atomic mass is 10.2. The second-order valence-electron chi connectivity index (χ2n) is 6.37. The van der Waals surface area contributed by atoms with Crippen LogP contribution in [0.5, 0.6) is 5.75 Å². The molecule has 1 aromatic carbocycles. The van der Waals surface area contributed by atoms with E-state index >= 15 is 0 Å². The Labute approximate surface area is 148 Å². The van der Waals surface area contributed by atoms with E-state index in [-0.39, 0.29) is 11.8 Å². The number of nitrogens with zero attached hydrogens (tertiary/aromatic N) is 3. The topological polar surface area (TPSA) is 53.1 Å². The second-order valence-corrected chi connectivity index (χ2v) is 6.37. The van der Waals surface area contributed by atoms with Crippen LogP contribution in [0.2, 0.25) is 0 Å². The van der Waals surface area contributed by atoms with E-state index in [1.165, 1.54) is 17.1 Å². The molecule has 0 N–H and O–H groups in total. The van der Waals surface area contributed by atoms with Gasteiger partial charge in [0.2, 0.25) is 0 Å². The Balaban J connectivity index is 1.38. The first kappa shape index (κ1) is 17.5. The van der Waals surface area contributed by atoms with Gasteiger partial charge in [0, 0.05) is 44.9 Å². The lowest BCUT2D eigenvalue weighted by Gasteiger charge is -2.36. The average molecular weight is 343 g/mol. The Morgan fingerprint density at radius 1 is 0.920 bits per heavy atom. The van der Waals surface area contributed by atoms with Crippen molar-refractivity contribution in [2.24, 2.45) is 0 Å². The molecule has 1 aromatic rings. The molecule has 2 aliphatic heterocycles. The number of anilines is 1. The molecule has 0 radical (unpaired) electrons. The van der Waals surface area contributed by atoms with Gasteiger partial charge in [0.05, 0.1) is 12.8 Å². The molecule has 0 bridgehead atoms.